The topological polar surface area (TPSA) is 15.3 Å². The third kappa shape index (κ3) is 2.05. The monoisotopic (exact) mass is 292 g/mol. The standard InChI is InChI=1S/C20H24N2/c1-22-18-10-6-5-9-17(18)20(11-13-21-14-12-20)19(22)15-16-7-3-2-4-8-16/h2-10,19,21H,11-15H2,1H3/t19-/m1/s1. The SMILES string of the molecule is CN1c2ccccc2C2(CCNCC2)[C@H]1Cc1ccccc1. The molecule has 0 bridgehead atoms. The largest absolute Gasteiger partial charge is 0.370 e. The van der Waals surface area contributed by atoms with Crippen LogP contribution in [0.25, 0.3) is 0 Å². The molecule has 2 aliphatic rings. The van der Waals surface area contributed by atoms with Crippen molar-refractivity contribution >= 4 is 5.69 Å². The quantitative estimate of drug-likeness (QED) is 0.913. The lowest BCUT2D eigenvalue weighted by Crippen LogP contribution is -2.50. The summed E-state index contributed by atoms with van der Waals surface area (Å²) < 4.78 is 0. The molecule has 0 unspecified atom stereocenters. The van der Waals surface area contributed by atoms with E-state index in [2.05, 4.69) is 71.9 Å². The maximum atomic E-state index is 3.55. The number of nitrogens with one attached hydrogen (secondary N) is 1. The second-order valence-corrected chi connectivity index (χ2v) is 6.74. The van der Waals surface area contributed by atoms with E-state index in [9.17, 15) is 0 Å². The van der Waals surface area contributed by atoms with E-state index in [-0.39, 0.29) is 0 Å². The van der Waals surface area contributed by atoms with Crippen molar-refractivity contribution in [2.45, 2.75) is 30.7 Å². The molecule has 4 rings (SSSR count). The van der Waals surface area contributed by atoms with E-state index in [4.69, 9.17) is 0 Å². The zero-order valence-electron chi connectivity index (χ0n) is 13.3. The van der Waals surface area contributed by atoms with Crippen LogP contribution in [0.5, 0.6) is 0 Å². The van der Waals surface area contributed by atoms with Gasteiger partial charge in [0, 0.05) is 24.2 Å². The van der Waals surface area contributed by atoms with Crippen LogP contribution in [-0.4, -0.2) is 26.2 Å². The number of nitrogens with zero attached hydrogens (tertiary/aromatic N) is 1. The number of hydrogen-bond acceptors (Lipinski definition) is 2. The van der Waals surface area contributed by atoms with Gasteiger partial charge in [0.05, 0.1) is 0 Å². The summed E-state index contributed by atoms with van der Waals surface area (Å²) in [7, 11) is 2.28. The van der Waals surface area contributed by atoms with E-state index in [1.807, 2.05) is 0 Å². The molecule has 1 spiro atoms. The van der Waals surface area contributed by atoms with Gasteiger partial charge in [0.15, 0.2) is 0 Å². The molecule has 1 atom stereocenters. The van der Waals surface area contributed by atoms with Gasteiger partial charge in [-0.15, -0.1) is 0 Å². The fourth-order valence-corrected chi connectivity index (χ4v) is 4.57. The molecule has 1 saturated heterocycles. The van der Waals surface area contributed by atoms with Crippen molar-refractivity contribution in [1.29, 1.82) is 0 Å². The molecular weight excluding hydrogens is 268 g/mol. The zero-order chi connectivity index (χ0) is 15.0. The van der Waals surface area contributed by atoms with Gasteiger partial charge in [-0.1, -0.05) is 48.5 Å². The fraction of sp³-hybridized carbons (Fsp3) is 0.400. The lowest BCUT2D eigenvalue weighted by Gasteiger charge is -2.41. The van der Waals surface area contributed by atoms with E-state index in [0.717, 1.165) is 19.5 Å². The van der Waals surface area contributed by atoms with Gasteiger partial charge in [0.2, 0.25) is 0 Å². The van der Waals surface area contributed by atoms with E-state index in [1.54, 1.807) is 5.56 Å². The number of piperidine rings is 1. The van der Waals surface area contributed by atoms with Gasteiger partial charge < -0.3 is 10.2 Å². The Labute approximate surface area is 133 Å². The van der Waals surface area contributed by atoms with Gasteiger partial charge >= 0.3 is 0 Å². The number of benzene rings is 2. The molecule has 2 aliphatic heterocycles. The molecule has 0 radical (unpaired) electrons. The summed E-state index contributed by atoms with van der Waals surface area (Å²) >= 11 is 0. The Morgan fingerprint density at radius 2 is 1.68 bits per heavy atom. The molecule has 0 aliphatic carbocycles. The number of anilines is 1. The molecule has 2 heteroatoms. The smallest absolute Gasteiger partial charge is 0.0425 e. The summed E-state index contributed by atoms with van der Waals surface area (Å²) in [5, 5.41) is 3.55. The predicted octanol–water partition coefficient (Wildman–Crippen LogP) is 3.37. The minimum Gasteiger partial charge on any atom is -0.370 e. The average molecular weight is 292 g/mol. The fourth-order valence-electron chi connectivity index (χ4n) is 4.57. The Hall–Kier alpha value is -1.80. The van der Waals surface area contributed by atoms with Gasteiger partial charge in [-0.3, -0.25) is 0 Å². The summed E-state index contributed by atoms with van der Waals surface area (Å²) in [4.78, 5) is 2.54. The molecule has 2 aromatic rings. The summed E-state index contributed by atoms with van der Waals surface area (Å²) in [6.07, 6.45) is 3.61. The van der Waals surface area contributed by atoms with Gasteiger partial charge in [0.25, 0.3) is 0 Å². The van der Waals surface area contributed by atoms with Gasteiger partial charge in [-0.2, -0.15) is 0 Å². The minimum atomic E-state index is 0.312. The number of para-hydroxylation sites is 1. The van der Waals surface area contributed by atoms with Crippen LogP contribution in [-0.2, 0) is 11.8 Å². The summed E-state index contributed by atoms with van der Waals surface area (Å²) in [6.45, 7) is 2.26. The Bertz CT molecular complexity index is 644. The Morgan fingerprint density at radius 1 is 1.00 bits per heavy atom. The Kier molecular flexibility index (Phi) is 3.42. The highest BCUT2D eigenvalue weighted by atomic mass is 15.2. The summed E-state index contributed by atoms with van der Waals surface area (Å²) in [6, 6.07) is 20.6. The molecule has 2 aromatic carbocycles. The van der Waals surface area contributed by atoms with Crippen LogP contribution in [0.1, 0.15) is 24.0 Å². The van der Waals surface area contributed by atoms with Crippen molar-refractivity contribution < 1.29 is 0 Å². The normalized spacial score (nSPS) is 22.8. The highest BCUT2D eigenvalue weighted by Gasteiger charge is 2.49. The molecule has 1 N–H and O–H groups in total. The van der Waals surface area contributed by atoms with E-state index in [0.29, 0.717) is 11.5 Å². The summed E-state index contributed by atoms with van der Waals surface area (Å²) in [5.74, 6) is 0. The average Bonchev–Trinajstić information content (AvgIpc) is 2.80. The predicted molar refractivity (Wildman–Crippen MR) is 92.6 cm³/mol. The van der Waals surface area contributed by atoms with Crippen LogP contribution in [0.2, 0.25) is 0 Å². The molecule has 0 aromatic heterocycles. The first-order valence-electron chi connectivity index (χ1n) is 8.38. The highest BCUT2D eigenvalue weighted by molar-refractivity contribution is 5.64. The summed E-state index contributed by atoms with van der Waals surface area (Å²) in [5.41, 5.74) is 4.77. The first kappa shape index (κ1) is 13.8. The molecular formula is C20H24N2. The molecule has 22 heavy (non-hydrogen) atoms. The van der Waals surface area contributed by atoms with Crippen molar-refractivity contribution in [2.24, 2.45) is 0 Å². The van der Waals surface area contributed by atoms with Crippen molar-refractivity contribution in [2.75, 3.05) is 25.0 Å². The molecule has 0 amide bonds. The first-order valence-corrected chi connectivity index (χ1v) is 8.38. The van der Waals surface area contributed by atoms with Gasteiger partial charge in [0.1, 0.15) is 0 Å². The third-order valence-corrected chi connectivity index (χ3v) is 5.69. The number of fused-ring (bicyclic) bond motifs is 2. The molecule has 2 nitrogen and oxygen atoms in total. The maximum Gasteiger partial charge on any atom is 0.0425 e. The van der Waals surface area contributed by atoms with E-state index < -0.39 is 0 Å². The Balaban J connectivity index is 1.76. The van der Waals surface area contributed by atoms with Crippen molar-refractivity contribution in [3.63, 3.8) is 0 Å². The number of likely N-dealkylation sites (N-methyl/N-ethyl adjacent to an activating group) is 1. The van der Waals surface area contributed by atoms with Crippen LogP contribution in [0.15, 0.2) is 54.6 Å². The second-order valence-electron chi connectivity index (χ2n) is 6.74. The van der Waals surface area contributed by atoms with Crippen molar-refractivity contribution in [3.05, 3.63) is 65.7 Å². The van der Waals surface area contributed by atoms with E-state index >= 15 is 0 Å². The highest BCUT2D eigenvalue weighted by Crippen LogP contribution is 2.50. The maximum absolute atomic E-state index is 3.55. The van der Waals surface area contributed by atoms with Crippen LogP contribution in [0, 0.1) is 0 Å². The van der Waals surface area contributed by atoms with Crippen LogP contribution in [0.4, 0.5) is 5.69 Å². The zero-order valence-corrected chi connectivity index (χ0v) is 13.3. The van der Waals surface area contributed by atoms with Crippen LogP contribution < -0.4 is 10.2 Å². The number of rotatable bonds is 2. The third-order valence-electron chi connectivity index (χ3n) is 5.69. The van der Waals surface area contributed by atoms with Crippen LogP contribution in [0.3, 0.4) is 0 Å². The molecule has 0 saturated carbocycles. The lowest BCUT2D eigenvalue weighted by molar-refractivity contribution is 0.266. The van der Waals surface area contributed by atoms with Crippen LogP contribution >= 0.6 is 0 Å². The number of hydrogen-bond donors (Lipinski definition) is 1. The first-order chi connectivity index (χ1) is 10.8. The van der Waals surface area contributed by atoms with E-state index in [1.165, 1.54) is 24.1 Å². The molecule has 2 heterocycles. The minimum absolute atomic E-state index is 0.312. The molecule has 114 valence electrons. The Morgan fingerprint density at radius 3 is 2.45 bits per heavy atom. The van der Waals surface area contributed by atoms with Crippen molar-refractivity contribution in [1.82, 2.24) is 5.32 Å². The molecule has 1 fully saturated rings. The van der Waals surface area contributed by atoms with Gasteiger partial charge in [-0.25, -0.2) is 0 Å². The second kappa shape index (κ2) is 5.44. The lowest BCUT2D eigenvalue weighted by atomic mass is 9.68. The van der Waals surface area contributed by atoms with Gasteiger partial charge in [-0.05, 0) is 49.5 Å². The van der Waals surface area contributed by atoms with Crippen molar-refractivity contribution in [3.8, 4) is 0 Å².